The predicted molar refractivity (Wildman–Crippen MR) is 92.0 cm³/mol. The summed E-state index contributed by atoms with van der Waals surface area (Å²) >= 11 is 0. The first-order valence-corrected chi connectivity index (χ1v) is 8.82. The van der Waals surface area contributed by atoms with E-state index in [1.165, 1.54) is 32.1 Å². The van der Waals surface area contributed by atoms with Gasteiger partial charge in [0, 0.05) is 23.0 Å². The fraction of sp³-hybridized carbons (Fsp3) is 0.500. The van der Waals surface area contributed by atoms with Crippen LogP contribution in [-0.4, -0.2) is 10.8 Å². The highest BCUT2D eigenvalue weighted by Crippen LogP contribution is 2.37. The molecule has 1 atom stereocenters. The molecule has 1 fully saturated rings. The first kappa shape index (κ1) is 14.7. The standard InChI is InChI=1S/C20H23NO2/c1-12-7-8-16-15(9-12)20(23)19-17(21-16)10-14(11-18(19)22)13-5-3-2-4-6-13/h7-9,13-14H,2-6,10-11H2,1H3,(H,21,23). The van der Waals surface area contributed by atoms with Crippen molar-refractivity contribution in [2.45, 2.75) is 51.9 Å². The van der Waals surface area contributed by atoms with E-state index in [-0.39, 0.29) is 11.2 Å². The van der Waals surface area contributed by atoms with Crippen LogP contribution in [0.5, 0.6) is 0 Å². The van der Waals surface area contributed by atoms with E-state index in [9.17, 15) is 9.59 Å². The number of nitrogens with one attached hydrogen (secondary N) is 1. The average molecular weight is 309 g/mol. The molecule has 1 N–H and O–H groups in total. The van der Waals surface area contributed by atoms with Crippen LogP contribution in [0.1, 0.15) is 60.1 Å². The van der Waals surface area contributed by atoms with Crippen molar-refractivity contribution in [3.05, 3.63) is 45.2 Å². The van der Waals surface area contributed by atoms with Gasteiger partial charge in [-0.1, -0.05) is 43.7 Å². The van der Waals surface area contributed by atoms with Gasteiger partial charge in [-0.05, 0) is 37.3 Å². The van der Waals surface area contributed by atoms with Crippen LogP contribution in [0.4, 0.5) is 0 Å². The third-order valence-electron chi connectivity index (χ3n) is 5.74. The minimum Gasteiger partial charge on any atom is -0.358 e. The molecule has 0 amide bonds. The maximum Gasteiger partial charge on any atom is 0.200 e. The fourth-order valence-corrected chi connectivity index (χ4v) is 4.51. The molecule has 120 valence electrons. The SMILES string of the molecule is Cc1ccc2[nH]c3c(c(=O)c2c1)C(=O)CC(C1CCCCC1)C3. The van der Waals surface area contributed by atoms with E-state index in [1.54, 1.807) is 0 Å². The van der Waals surface area contributed by atoms with E-state index in [0.717, 1.165) is 23.2 Å². The van der Waals surface area contributed by atoms with Crippen molar-refractivity contribution in [1.29, 1.82) is 0 Å². The van der Waals surface area contributed by atoms with Gasteiger partial charge in [0.25, 0.3) is 0 Å². The predicted octanol–water partition coefficient (Wildman–Crippen LogP) is 4.16. The van der Waals surface area contributed by atoms with Crippen molar-refractivity contribution in [3.63, 3.8) is 0 Å². The van der Waals surface area contributed by atoms with Crippen LogP contribution in [0.15, 0.2) is 23.0 Å². The number of H-pyrrole nitrogens is 1. The average Bonchev–Trinajstić information content (AvgIpc) is 2.56. The van der Waals surface area contributed by atoms with Crippen molar-refractivity contribution in [2.24, 2.45) is 11.8 Å². The van der Waals surface area contributed by atoms with Gasteiger partial charge in [-0.3, -0.25) is 9.59 Å². The highest BCUT2D eigenvalue weighted by molar-refractivity contribution is 6.01. The Bertz CT molecular complexity index is 827. The number of hydrogen-bond acceptors (Lipinski definition) is 2. The van der Waals surface area contributed by atoms with Crippen LogP contribution in [0.3, 0.4) is 0 Å². The van der Waals surface area contributed by atoms with E-state index in [2.05, 4.69) is 4.98 Å². The topological polar surface area (TPSA) is 49.9 Å². The number of aromatic nitrogens is 1. The Morgan fingerprint density at radius 1 is 1.00 bits per heavy atom. The summed E-state index contributed by atoms with van der Waals surface area (Å²) in [5.74, 6) is 1.11. The number of fused-ring (bicyclic) bond motifs is 2. The first-order chi connectivity index (χ1) is 11.1. The van der Waals surface area contributed by atoms with Gasteiger partial charge in [0.1, 0.15) is 0 Å². The second-order valence-corrected chi connectivity index (χ2v) is 7.35. The van der Waals surface area contributed by atoms with Crippen LogP contribution in [0.2, 0.25) is 0 Å². The number of rotatable bonds is 1. The highest BCUT2D eigenvalue weighted by atomic mass is 16.1. The molecule has 3 heteroatoms. The maximum absolute atomic E-state index is 12.8. The molecule has 2 aliphatic rings. The summed E-state index contributed by atoms with van der Waals surface area (Å²) in [7, 11) is 0. The summed E-state index contributed by atoms with van der Waals surface area (Å²) < 4.78 is 0. The van der Waals surface area contributed by atoms with Gasteiger partial charge in [0.15, 0.2) is 11.2 Å². The number of carbonyl (C=O) groups is 1. The van der Waals surface area contributed by atoms with Crippen molar-refractivity contribution in [3.8, 4) is 0 Å². The molecular weight excluding hydrogens is 286 g/mol. The Morgan fingerprint density at radius 3 is 2.57 bits per heavy atom. The Kier molecular flexibility index (Phi) is 3.59. The molecule has 23 heavy (non-hydrogen) atoms. The molecule has 2 aromatic rings. The van der Waals surface area contributed by atoms with Gasteiger partial charge in [-0.15, -0.1) is 0 Å². The Hall–Kier alpha value is -1.90. The minimum atomic E-state index is -0.0791. The number of pyridine rings is 1. The molecule has 0 bridgehead atoms. The van der Waals surface area contributed by atoms with E-state index >= 15 is 0 Å². The third-order valence-corrected chi connectivity index (χ3v) is 5.74. The van der Waals surface area contributed by atoms with Gasteiger partial charge in [0.05, 0.1) is 5.56 Å². The number of ketones is 1. The number of carbonyl (C=O) groups excluding carboxylic acids is 1. The summed E-state index contributed by atoms with van der Waals surface area (Å²) in [5, 5.41) is 0.646. The van der Waals surface area contributed by atoms with Gasteiger partial charge in [-0.25, -0.2) is 0 Å². The fourth-order valence-electron chi connectivity index (χ4n) is 4.51. The molecule has 1 aromatic carbocycles. The normalized spacial score (nSPS) is 22.3. The summed E-state index contributed by atoms with van der Waals surface area (Å²) in [4.78, 5) is 28.8. The lowest BCUT2D eigenvalue weighted by molar-refractivity contribution is 0.0909. The molecular formula is C20H23NO2. The minimum absolute atomic E-state index is 0.0477. The zero-order chi connectivity index (χ0) is 16.0. The van der Waals surface area contributed by atoms with E-state index in [4.69, 9.17) is 0 Å². The van der Waals surface area contributed by atoms with Crippen molar-refractivity contribution >= 4 is 16.7 Å². The van der Waals surface area contributed by atoms with Crippen LogP contribution < -0.4 is 5.43 Å². The van der Waals surface area contributed by atoms with E-state index < -0.39 is 0 Å². The Morgan fingerprint density at radius 2 is 1.78 bits per heavy atom. The second kappa shape index (κ2) is 5.63. The lowest BCUT2D eigenvalue weighted by Crippen LogP contribution is -2.32. The van der Waals surface area contributed by atoms with Crippen molar-refractivity contribution in [2.75, 3.05) is 0 Å². The first-order valence-electron chi connectivity index (χ1n) is 8.82. The molecule has 3 nitrogen and oxygen atoms in total. The molecule has 0 aliphatic heterocycles. The van der Waals surface area contributed by atoms with Crippen LogP contribution >= 0.6 is 0 Å². The number of Topliss-reactive ketones (excluding diaryl/α,β-unsaturated/α-hetero) is 1. The second-order valence-electron chi connectivity index (χ2n) is 7.35. The van der Waals surface area contributed by atoms with Gasteiger partial charge < -0.3 is 4.98 Å². The molecule has 0 spiro atoms. The molecule has 1 heterocycles. The smallest absolute Gasteiger partial charge is 0.200 e. The quantitative estimate of drug-likeness (QED) is 0.860. The largest absolute Gasteiger partial charge is 0.358 e. The molecule has 1 saturated carbocycles. The third kappa shape index (κ3) is 2.52. The molecule has 4 rings (SSSR count). The summed E-state index contributed by atoms with van der Waals surface area (Å²) in [5.41, 5.74) is 3.13. The van der Waals surface area contributed by atoms with E-state index in [0.29, 0.717) is 29.2 Å². The zero-order valence-electron chi connectivity index (χ0n) is 13.7. The number of aryl methyl sites for hydroxylation is 1. The number of benzene rings is 1. The summed E-state index contributed by atoms with van der Waals surface area (Å²) in [6.45, 7) is 1.97. The number of aromatic amines is 1. The Labute approximate surface area is 136 Å². The molecule has 1 aromatic heterocycles. The van der Waals surface area contributed by atoms with Gasteiger partial charge >= 0.3 is 0 Å². The zero-order valence-corrected chi connectivity index (χ0v) is 13.7. The number of hydrogen-bond donors (Lipinski definition) is 1. The summed E-state index contributed by atoms with van der Waals surface area (Å²) in [6, 6.07) is 5.85. The highest BCUT2D eigenvalue weighted by Gasteiger charge is 2.33. The lowest BCUT2D eigenvalue weighted by atomic mass is 9.72. The van der Waals surface area contributed by atoms with Crippen LogP contribution in [0.25, 0.3) is 10.9 Å². The molecule has 0 saturated heterocycles. The molecule has 1 unspecified atom stereocenters. The van der Waals surface area contributed by atoms with Gasteiger partial charge in [0.2, 0.25) is 0 Å². The molecule has 0 radical (unpaired) electrons. The summed E-state index contributed by atoms with van der Waals surface area (Å²) in [6.07, 6.45) is 7.79. The van der Waals surface area contributed by atoms with Gasteiger partial charge in [-0.2, -0.15) is 0 Å². The maximum atomic E-state index is 12.8. The Balaban J connectivity index is 1.78. The van der Waals surface area contributed by atoms with Crippen LogP contribution in [-0.2, 0) is 6.42 Å². The van der Waals surface area contributed by atoms with E-state index in [1.807, 2.05) is 25.1 Å². The van der Waals surface area contributed by atoms with Crippen molar-refractivity contribution in [1.82, 2.24) is 4.98 Å². The van der Waals surface area contributed by atoms with Crippen LogP contribution in [0, 0.1) is 18.8 Å². The lowest BCUT2D eigenvalue weighted by Gasteiger charge is -2.33. The van der Waals surface area contributed by atoms with Crippen molar-refractivity contribution < 1.29 is 4.79 Å². The monoisotopic (exact) mass is 309 g/mol. The molecule has 2 aliphatic carbocycles.